The molecule has 10 heteroatoms. The van der Waals surface area contributed by atoms with Crippen molar-refractivity contribution < 1.29 is 14.0 Å². The fourth-order valence-corrected chi connectivity index (χ4v) is 5.52. The molecule has 2 aromatic carbocycles. The van der Waals surface area contributed by atoms with E-state index in [0.717, 1.165) is 49.7 Å². The van der Waals surface area contributed by atoms with E-state index in [1.165, 1.54) is 0 Å². The Kier molecular flexibility index (Phi) is 11.5. The standard InChI is InChI=1S/C32H35FN6O2.C4H11N/c1-22-18-23(2)28(36-30(40)25-6-9-29(35-21-25)38-16-14-37(3)15-17-38)19-27(22)31(41)39-12-10-32(33,11-13-39)26-7-4-24(20-34)5-8-26;1-4-5(2)3/h4-9,18-19,21H,10-17H2,1-3H3,(H,36,40);4H2,1-3H3. The number of aryl methyl sites for hydroxylation is 2. The molecular weight excluding hydrogens is 581 g/mol. The maximum absolute atomic E-state index is 15.7. The quantitative estimate of drug-likeness (QED) is 0.399. The summed E-state index contributed by atoms with van der Waals surface area (Å²) in [6.07, 6.45) is 1.94. The Morgan fingerprint density at radius 1 is 0.978 bits per heavy atom. The lowest BCUT2D eigenvalue weighted by atomic mass is 9.85. The van der Waals surface area contributed by atoms with Gasteiger partial charge in [-0.2, -0.15) is 5.26 Å². The van der Waals surface area contributed by atoms with Crippen molar-refractivity contribution in [3.05, 3.63) is 88.1 Å². The lowest BCUT2D eigenvalue weighted by molar-refractivity contribution is 0.0421. The van der Waals surface area contributed by atoms with Gasteiger partial charge < -0.3 is 24.9 Å². The number of piperazine rings is 1. The zero-order valence-electron chi connectivity index (χ0n) is 27.9. The number of nitrogens with one attached hydrogen (secondary N) is 1. The molecule has 2 amide bonds. The van der Waals surface area contributed by atoms with Gasteiger partial charge in [-0.25, -0.2) is 9.37 Å². The van der Waals surface area contributed by atoms with Gasteiger partial charge in [-0.3, -0.25) is 9.59 Å². The topological polar surface area (TPSA) is 95.8 Å². The first-order valence-electron chi connectivity index (χ1n) is 15.9. The first-order chi connectivity index (χ1) is 21.9. The van der Waals surface area contributed by atoms with E-state index in [1.54, 1.807) is 47.5 Å². The maximum atomic E-state index is 15.7. The predicted octanol–water partition coefficient (Wildman–Crippen LogP) is 5.24. The molecule has 0 bridgehead atoms. The van der Waals surface area contributed by atoms with Crippen LogP contribution in [0.25, 0.3) is 0 Å². The summed E-state index contributed by atoms with van der Waals surface area (Å²) in [4.78, 5) is 39.4. The van der Waals surface area contributed by atoms with E-state index in [1.807, 2.05) is 26.0 Å². The number of pyridine rings is 1. The summed E-state index contributed by atoms with van der Waals surface area (Å²) in [5.74, 6) is 0.375. The number of nitrogens with zero attached hydrogens (tertiary/aromatic N) is 6. The van der Waals surface area contributed by atoms with Crippen LogP contribution in [0.4, 0.5) is 15.9 Å². The van der Waals surface area contributed by atoms with Crippen LogP contribution < -0.4 is 10.2 Å². The highest BCUT2D eigenvalue weighted by Gasteiger charge is 2.38. The number of hydrogen-bond acceptors (Lipinski definition) is 7. The van der Waals surface area contributed by atoms with Gasteiger partial charge in [0.15, 0.2) is 0 Å². The van der Waals surface area contributed by atoms with Gasteiger partial charge in [0.1, 0.15) is 11.5 Å². The molecule has 1 N–H and O–H groups in total. The largest absolute Gasteiger partial charge is 0.354 e. The number of halogens is 1. The number of benzene rings is 2. The van der Waals surface area contributed by atoms with Crippen molar-refractivity contribution >= 4 is 23.3 Å². The van der Waals surface area contributed by atoms with Gasteiger partial charge in [-0.1, -0.05) is 25.1 Å². The van der Waals surface area contributed by atoms with E-state index >= 15 is 4.39 Å². The number of alkyl halides is 1. The molecular formula is C36H46FN7O2. The Morgan fingerprint density at radius 3 is 2.15 bits per heavy atom. The number of amides is 2. The summed E-state index contributed by atoms with van der Waals surface area (Å²) in [5, 5.41) is 12.0. The van der Waals surface area contributed by atoms with Gasteiger partial charge in [0.2, 0.25) is 0 Å². The maximum Gasteiger partial charge on any atom is 0.257 e. The first-order valence-corrected chi connectivity index (χ1v) is 15.9. The van der Waals surface area contributed by atoms with Crippen molar-refractivity contribution in [2.24, 2.45) is 0 Å². The molecule has 3 heterocycles. The van der Waals surface area contributed by atoms with Crippen LogP contribution >= 0.6 is 0 Å². The molecule has 0 radical (unpaired) electrons. The van der Waals surface area contributed by atoms with Gasteiger partial charge in [-0.15, -0.1) is 0 Å². The Morgan fingerprint density at radius 2 is 1.61 bits per heavy atom. The summed E-state index contributed by atoms with van der Waals surface area (Å²) >= 11 is 0. The molecule has 0 aliphatic carbocycles. The highest BCUT2D eigenvalue weighted by atomic mass is 19.1. The molecule has 0 unspecified atom stereocenters. The summed E-state index contributed by atoms with van der Waals surface area (Å²) < 4.78 is 15.7. The third-order valence-corrected chi connectivity index (χ3v) is 8.89. The van der Waals surface area contributed by atoms with Crippen LogP contribution in [-0.4, -0.2) is 98.5 Å². The van der Waals surface area contributed by atoms with E-state index in [9.17, 15) is 9.59 Å². The van der Waals surface area contributed by atoms with Gasteiger partial charge in [0.05, 0.1) is 17.2 Å². The third-order valence-electron chi connectivity index (χ3n) is 8.89. The van der Waals surface area contributed by atoms with Crippen LogP contribution in [0.2, 0.25) is 0 Å². The third kappa shape index (κ3) is 8.47. The molecule has 2 fully saturated rings. The Bertz CT molecular complexity index is 1530. The van der Waals surface area contributed by atoms with Crippen molar-refractivity contribution in [3.8, 4) is 6.07 Å². The van der Waals surface area contributed by atoms with Crippen molar-refractivity contribution in [2.45, 2.75) is 39.3 Å². The number of nitriles is 1. The van der Waals surface area contributed by atoms with Gasteiger partial charge in [0, 0.05) is 69.6 Å². The second-order valence-corrected chi connectivity index (χ2v) is 12.5. The Labute approximate surface area is 272 Å². The van der Waals surface area contributed by atoms with Gasteiger partial charge in [0.25, 0.3) is 11.8 Å². The zero-order valence-corrected chi connectivity index (χ0v) is 27.9. The van der Waals surface area contributed by atoms with Crippen LogP contribution in [0.3, 0.4) is 0 Å². The molecule has 9 nitrogen and oxygen atoms in total. The molecule has 1 aromatic heterocycles. The normalized spacial score (nSPS) is 16.3. The highest BCUT2D eigenvalue weighted by molar-refractivity contribution is 6.05. The fraction of sp³-hybridized carbons (Fsp3) is 0.444. The van der Waals surface area contributed by atoms with Crippen LogP contribution in [0.5, 0.6) is 0 Å². The predicted molar refractivity (Wildman–Crippen MR) is 181 cm³/mol. The lowest BCUT2D eigenvalue weighted by Crippen LogP contribution is -2.44. The van der Waals surface area contributed by atoms with Crippen LogP contribution in [-0.2, 0) is 5.67 Å². The molecule has 0 spiro atoms. The molecule has 5 rings (SSSR count). The minimum atomic E-state index is -1.54. The van der Waals surface area contributed by atoms with E-state index in [-0.39, 0.29) is 37.7 Å². The van der Waals surface area contributed by atoms with Crippen molar-refractivity contribution in [1.29, 1.82) is 5.26 Å². The van der Waals surface area contributed by atoms with E-state index in [0.29, 0.717) is 27.9 Å². The summed E-state index contributed by atoms with van der Waals surface area (Å²) in [5.41, 5.74) is 2.60. The highest BCUT2D eigenvalue weighted by Crippen LogP contribution is 2.37. The lowest BCUT2D eigenvalue weighted by Gasteiger charge is -2.37. The molecule has 2 aliphatic heterocycles. The smallest absolute Gasteiger partial charge is 0.257 e. The second-order valence-electron chi connectivity index (χ2n) is 12.5. The molecule has 0 saturated carbocycles. The number of likely N-dealkylation sites (tertiary alicyclic amines) is 1. The van der Waals surface area contributed by atoms with E-state index in [4.69, 9.17) is 5.26 Å². The average Bonchev–Trinajstić information content (AvgIpc) is 3.06. The molecule has 46 heavy (non-hydrogen) atoms. The fourth-order valence-electron chi connectivity index (χ4n) is 5.52. The summed E-state index contributed by atoms with van der Waals surface area (Å²) in [6, 6.07) is 15.9. The summed E-state index contributed by atoms with van der Waals surface area (Å²) in [7, 11) is 6.21. The number of rotatable bonds is 6. The zero-order chi connectivity index (χ0) is 33.4. The number of carbonyl (C=O) groups excluding carboxylic acids is 2. The number of likely N-dealkylation sites (N-methyl/N-ethyl adjacent to an activating group) is 1. The molecule has 2 aliphatic rings. The van der Waals surface area contributed by atoms with Gasteiger partial charge >= 0.3 is 0 Å². The monoisotopic (exact) mass is 627 g/mol. The number of anilines is 2. The van der Waals surface area contributed by atoms with Crippen molar-refractivity contribution in [1.82, 2.24) is 19.7 Å². The minimum Gasteiger partial charge on any atom is -0.354 e. The number of piperidine rings is 1. The van der Waals surface area contributed by atoms with Crippen molar-refractivity contribution in [3.63, 3.8) is 0 Å². The van der Waals surface area contributed by atoms with Crippen molar-refractivity contribution in [2.75, 3.05) is 77.2 Å². The van der Waals surface area contributed by atoms with Crippen LogP contribution in [0.15, 0.2) is 54.7 Å². The number of carbonyl (C=O) groups is 2. The van der Waals surface area contributed by atoms with E-state index < -0.39 is 5.67 Å². The second kappa shape index (κ2) is 15.3. The Balaban J connectivity index is 0.000000892. The van der Waals surface area contributed by atoms with E-state index in [2.05, 4.69) is 59.1 Å². The Hall–Kier alpha value is -4.33. The minimum absolute atomic E-state index is 0.177. The SMILES string of the molecule is CCN(C)C.Cc1cc(C)c(C(=O)N2CCC(F)(c3ccc(C#N)cc3)CC2)cc1NC(=O)c1ccc(N2CCN(C)CC2)nc1. The number of hydrogen-bond donors (Lipinski definition) is 1. The molecule has 244 valence electrons. The first kappa shape index (κ1) is 34.5. The average molecular weight is 628 g/mol. The van der Waals surface area contributed by atoms with Crippen LogP contribution in [0, 0.1) is 25.2 Å². The molecule has 3 aromatic rings. The van der Waals surface area contributed by atoms with Crippen LogP contribution in [0.1, 0.15) is 62.7 Å². The molecule has 2 saturated heterocycles. The summed E-state index contributed by atoms with van der Waals surface area (Å²) in [6.45, 7) is 11.3. The number of aromatic nitrogens is 1. The molecule has 0 atom stereocenters. The van der Waals surface area contributed by atoms with Gasteiger partial charge in [-0.05, 0) is 88.6 Å².